The summed E-state index contributed by atoms with van der Waals surface area (Å²) < 4.78 is 0. The molecule has 0 amide bonds. The lowest BCUT2D eigenvalue weighted by molar-refractivity contribution is 0.475. The molecule has 1 aromatic carbocycles. The van der Waals surface area contributed by atoms with Gasteiger partial charge in [-0.1, -0.05) is 42.0 Å². The Bertz CT molecular complexity index is 433. The lowest BCUT2D eigenvalue weighted by atomic mass is 9.98. The molecule has 0 bridgehead atoms. The molecule has 1 aliphatic rings. The van der Waals surface area contributed by atoms with Crippen molar-refractivity contribution in [2.45, 2.75) is 13.3 Å². The Morgan fingerprint density at radius 3 is 2.31 bits per heavy atom. The summed E-state index contributed by atoms with van der Waals surface area (Å²) in [7, 11) is 0. The van der Waals surface area contributed by atoms with Gasteiger partial charge in [0.25, 0.3) is 0 Å². The standard InChI is InChI=1S/C15H15O/c1-12(14-5-3-2-4-6-14)11-13-7-9-15(16)10-8-13/h2-10,16H,11H2,1H3. The Morgan fingerprint density at radius 1 is 1.06 bits per heavy atom. The zero-order valence-corrected chi connectivity index (χ0v) is 9.35. The van der Waals surface area contributed by atoms with Crippen LogP contribution in [0.5, 0.6) is 5.75 Å². The van der Waals surface area contributed by atoms with E-state index in [1.54, 1.807) is 12.1 Å². The number of benzene rings is 1. The zero-order valence-electron chi connectivity index (χ0n) is 9.35. The molecule has 81 valence electrons. The highest BCUT2D eigenvalue weighted by Gasteiger charge is 2.00. The predicted molar refractivity (Wildman–Crippen MR) is 67.1 cm³/mol. The lowest BCUT2D eigenvalue weighted by Gasteiger charge is -2.07. The normalized spacial score (nSPS) is 14.2. The first-order valence-electron chi connectivity index (χ1n) is 5.41. The number of hydrogen-bond acceptors (Lipinski definition) is 1. The number of hydrogen-bond donors (Lipinski definition) is 1. The van der Waals surface area contributed by atoms with Crippen LogP contribution in [0.2, 0.25) is 0 Å². The van der Waals surface area contributed by atoms with Gasteiger partial charge in [-0.15, -0.1) is 0 Å². The summed E-state index contributed by atoms with van der Waals surface area (Å²) in [6.07, 6.45) is 11.3. The first-order valence-corrected chi connectivity index (χ1v) is 5.41. The highest BCUT2D eigenvalue weighted by Crippen LogP contribution is 2.18. The Labute approximate surface area is 96.4 Å². The molecule has 1 nitrogen and oxygen atoms in total. The molecule has 16 heavy (non-hydrogen) atoms. The fourth-order valence-corrected chi connectivity index (χ4v) is 1.74. The molecular formula is C15H15O. The SMILES string of the molecule is CC(Cc1ccc(O)cc1)=C1C=C[CH]C=C1. The maximum atomic E-state index is 9.20. The van der Waals surface area contributed by atoms with Crippen LogP contribution < -0.4 is 0 Å². The summed E-state index contributed by atoms with van der Waals surface area (Å²) in [4.78, 5) is 0. The van der Waals surface area contributed by atoms with E-state index in [1.807, 2.05) is 18.6 Å². The Hall–Kier alpha value is -1.76. The third-order valence-electron chi connectivity index (χ3n) is 2.67. The molecule has 1 aromatic rings. The molecule has 0 saturated heterocycles. The van der Waals surface area contributed by atoms with Crippen LogP contribution >= 0.6 is 0 Å². The van der Waals surface area contributed by atoms with Gasteiger partial charge in [0.15, 0.2) is 0 Å². The molecule has 0 aliphatic heterocycles. The molecule has 1 radical (unpaired) electrons. The van der Waals surface area contributed by atoms with Gasteiger partial charge in [-0.05, 0) is 36.6 Å². The maximum Gasteiger partial charge on any atom is 0.115 e. The van der Waals surface area contributed by atoms with Crippen molar-refractivity contribution in [1.29, 1.82) is 0 Å². The lowest BCUT2D eigenvalue weighted by Crippen LogP contribution is -1.91. The largest absolute Gasteiger partial charge is 0.508 e. The summed E-state index contributed by atoms with van der Waals surface area (Å²) in [5.74, 6) is 0.320. The topological polar surface area (TPSA) is 20.2 Å². The summed E-state index contributed by atoms with van der Waals surface area (Å²) in [6, 6.07) is 7.38. The van der Waals surface area contributed by atoms with E-state index < -0.39 is 0 Å². The van der Waals surface area contributed by atoms with Gasteiger partial charge in [0, 0.05) is 6.42 Å². The van der Waals surface area contributed by atoms with Gasteiger partial charge in [-0.25, -0.2) is 0 Å². The second-order valence-corrected chi connectivity index (χ2v) is 3.99. The Balaban J connectivity index is 2.15. The maximum absolute atomic E-state index is 9.20. The van der Waals surface area contributed by atoms with Gasteiger partial charge in [0.1, 0.15) is 5.75 Å². The molecule has 0 saturated carbocycles. The molecule has 0 atom stereocenters. The minimum Gasteiger partial charge on any atom is -0.508 e. The number of phenols is 1. The van der Waals surface area contributed by atoms with Crippen molar-refractivity contribution in [3.63, 3.8) is 0 Å². The molecule has 1 heteroatoms. The van der Waals surface area contributed by atoms with Crippen molar-refractivity contribution >= 4 is 0 Å². The molecule has 1 aliphatic carbocycles. The van der Waals surface area contributed by atoms with Crippen molar-refractivity contribution in [3.05, 3.63) is 71.7 Å². The number of rotatable bonds is 2. The van der Waals surface area contributed by atoms with Crippen molar-refractivity contribution < 1.29 is 5.11 Å². The smallest absolute Gasteiger partial charge is 0.115 e. The third kappa shape index (κ3) is 2.63. The van der Waals surface area contributed by atoms with Gasteiger partial charge < -0.3 is 5.11 Å². The second-order valence-electron chi connectivity index (χ2n) is 3.99. The molecular weight excluding hydrogens is 196 g/mol. The van der Waals surface area contributed by atoms with Crippen molar-refractivity contribution in [2.24, 2.45) is 0 Å². The van der Waals surface area contributed by atoms with Crippen molar-refractivity contribution in [1.82, 2.24) is 0 Å². The van der Waals surface area contributed by atoms with E-state index in [9.17, 15) is 5.11 Å². The van der Waals surface area contributed by atoms with Crippen molar-refractivity contribution in [2.75, 3.05) is 0 Å². The third-order valence-corrected chi connectivity index (χ3v) is 2.67. The fraction of sp³-hybridized carbons (Fsp3) is 0.133. The van der Waals surface area contributed by atoms with Gasteiger partial charge in [-0.2, -0.15) is 0 Å². The monoisotopic (exact) mass is 211 g/mol. The first kappa shape index (κ1) is 10.7. The fourth-order valence-electron chi connectivity index (χ4n) is 1.74. The molecule has 2 rings (SSSR count). The van der Waals surface area contributed by atoms with E-state index in [1.165, 1.54) is 16.7 Å². The molecule has 0 unspecified atom stereocenters. The van der Waals surface area contributed by atoms with E-state index in [4.69, 9.17) is 0 Å². The number of aromatic hydroxyl groups is 1. The van der Waals surface area contributed by atoms with E-state index >= 15 is 0 Å². The minimum atomic E-state index is 0.320. The van der Waals surface area contributed by atoms with Crippen LogP contribution in [0.3, 0.4) is 0 Å². The highest BCUT2D eigenvalue weighted by molar-refractivity contribution is 5.43. The van der Waals surface area contributed by atoms with Crippen LogP contribution in [0, 0.1) is 6.42 Å². The Morgan fingerprint density at radius 2 is 1.69 bits per heavy atom. The average molecular weight is 211 g/mol. The van der Waals surface area contributed by atoms with Gasteiger partial charge in [-0.3, -0.25) is 0 Å². The molecule has 0 spiro atoms. The van der Waals surface area contributed by atoms with E-state index in [0.717, 1.165) is 6.42 Å². The Kier molecular flexibility index (Phi) is 3.25. The highest BCUT2D eigenvalue weighted by atomic mass is 16.3. The molecule has 0 aromatic heterocycles. The summed E-state index contributed by atoms with van der Waals surface area (Å²) in [5.41, 5.74) is 3.83. The summed E-state index contributed by atoms with van der Waals surface area (Å²) in [5, 5.41) is 9.20. The zero-order chi connectivity index (χ0) is 11.4. The van der Waals surface area contributed by atoms with E-state index in [0.29, 0.717) is 5.75 Å². The molecule has 0 fully saturated rings. The van der Waals surface area contributed by atoms with E-state index in [-0.39, 0.29) is 0 Å². The first-order chi connectivity index (χ1) is 7.75. The van der Waals surface area contributed by atoms with E-state index in [2.05, 4.69) is 31.2 Å². The van der Waals surface area contributed by atoms with Gasteiger partial charge in [0.2, 0.25) is 0 Å². The molecule has 0 heterocycles. The van der Waals surface area contributed by atoms with Crippen LogP contribution in [0.25, 0.3) is 0 Å². The van der Waals surface area contributed by atoms with Gasteiger partial charge >= 0.3 is 0 Å². The van der Waals surface area contributed by atoms with Crippen LogP contribution in [0.4, 0.5) is 0 Å². The van der Waals surface area contributed by atoms with Crippen LogP contribution in [-0.4, -0.2) is 5.11 Å². The number of allylic oxidation sites excluding steroid dienone is 6. The average Bonchev–Trinajstić information content (AvgIpc) is 2.33. The van der Waals surface area contributed by atoms with Gasteiger partial charge in [0.05, 0.1) is 0 Å². The van der Waals surface area contributed by atoms with Crippen molar-refractivity contribution in [3.8, 4) is 5.75 Å². The van der Waals surface area contributed by atoms with Crippen LogP contribution in [0.1, 0.15) is 12.5 Å². The second kappa shape index (κ2) is 4.84. The summed E-state index contributed by atoms with van der Waals surface area (Å²) in [6.45, 7) is 2.14. The quantitative estimate of drug-likeness (QED) is 0.792. The van der Waals surface area contributed by atoms with Crippen LogP contribution in [-0.2, 0) is 6.42 Å². The number of phenolic OH excluding ortho intramolecular Hbond substituents is 1. The predicted octanol–water partition coefficient (Wildman–Crippen LogP) is 3.58. The molecule has 1 N–H and O–H groups in total. The minimum absolute atomic E-state index is 0.320. The van der Waals surface area contributed by atoms with Crippen LogP contribution in [0.15, 0.2) is 59.7 Å². The summed E-state index contributed by atoms with van der Waals surface area (Å²) >= 11 is 0.